The predicted molar refractivity (Wildman–Crippen MR) is 57.4 cm³/mol. The second-order valence-corrected chi connectivity index (χ2v) is 7.42. The third kappa shape index (κ3) is 1.91. The molecule has 4 atom stereocenters. The Kier molecular flexibility index (Phi) is 2.62. The van der Waals surface area contributed by atoms with Gasteiger partial charge in [-0.1, -0.05) is 0 Å². The van der Waals surface area contributed by atoms with Crippen molar-refractivity contribution in [1.82, 2.24) is 0 Å². The number of carbonyl (C=O) groups excluding carboxylic acids is 1. The minimum Gasteiger partial charge on any atom is -0.296 e. The molecule has 0 aromatic carbocycles. The zero-order valence-electron chi connectivity index (χ0n) is 9.94. The Morgan fingerprint density at radius 2 is 1.63 bits per heavy atom. The molecule has 108 valence electrons. The van der Waals surface area contributed by atoms with Gasteiger partial charge >= 0.3 is 15.6 Å². The van der Waals surface area contributed by atoms with E-state index in [1.165, 1.54) is 0 Å². The molecule has 4 aliphatic carbocycles. The van der Waals surface area contributed by atoms with Crippen LogP contribution in [0.1, 0.15) is 32.1 Å². The van der Waals surface area contributed by atoms with Crippen LogP contribution < -0.4 is 0 Å². The van der Waals surface area contributed by atoms with Crippen molar-refractivity contribution >= 4 is 15.9 Å². The monoisotopic (exact) mass is 298 g/mol. The summed E-state index contributed by atoms with van der Waals surface area (Å²) in [5, 5.41) is 0. The molecule has 0 N–H and O–H groups in total. The Bertz CT molecular complexity index is 511. The summed E-state index contributed by atoms with van der Waals surface area (Å²) < 4.78 is 64.0. The maximum atomic E-state index is 12.4. The van der Waals surface area contributed by atoms with Crippen LogP contribution in [-0.4, -0.2) is 25.3 Å². The molecule has 2 unspecified atom stereocenters. The van der Waals surface area contributed by atoms with E-state index in [-0.39, 0.29) is 30.6 Å². The lowest BCUT2D eigenvalue weighted by Crippen LogP contribution is -2.60. The summed E-state index contributed by atoms with van der Waals surface area (Å²) in [4.78, 5) is 12.1. The standard InChI is InChI=1S/C11H13F3O4S/c12-11(13,14)19(16,17)18-10-4-6-1-7(5-10)3-8(2-6)9(10)15/h6-8H,1-5H2/t6-,7+,8?,10?. The van der Waals surface area contributed by atoms with E-state index in [2.05, 4.69) is 4.18 Å². The van der Waals surface area contributed by atoms with Crippen LogP contribution in [-0.2, 0) is 19.1 Å². The fraction of sp³-hybridized carbons (Fsp3) is 0.909. The van der Waals surface area contributed by atoms with Crippen molar-refractivity contribution in [3.63, 3.8) is 0 Å². The average molecular weight is 298 g/mol. The van der Waals surface area contributed by atoms with Crippen LogP contribution in [0.3, 0.4) is 0 Å². The van der Waals surface area contributed by atoms with Crippen molar-refractivity contribution in [3.05, 3.63) is 0 Å². The third-order valence-electron chi connectivity index (χ3n) is 4.51. The summed E-state index contributed by atoms with van der Waals surface area (Å²) in [5.74, 6) is -0.556. The fourth-order valence-electron chi connectivity index (χ4n) is 4.07. The molecule has 4 nitrogen and oxygen atoms in total. The second-order valence-electron chi connectivity index (χ2n) is 5.89. The maximum absolute atomic E-state index is 12.4. The summed E-state index contributed by atoms with van der Waals surface area (Å²) in [7, 11) is -5.71. The van der Waals surface area contributed by atoms with Crippen LogP contribution in [0.15, 0.2) is 0 Å². The molecule has 4 saturated carbocycles. The first-order chi connectivity index (χ1) is 8.63. The van der Waals surface area contributed by atoms with E-state index in [0.29, 0.717) is 12.8 Å². The molecule has 19 heavy (non-hydrogen) atoms. The van der Waals surface area contributed by atoms with Gasteiger partial charge in [0.15, 0.2) is 5.78 Å². The quantitative estimate of drug-likeness (QED) is 0.578. The van der Waals surface area contributed by atoms with E-state index in [0.717, 1.165) is 6.42 Å². The van der Waals surface area contributed by atoms with Crippen molar-refractivity contribution in [2.75, 3.05) is 0 Å². The molecule has 0 radical (unpaired) electrons. The van der Waals surface area contributed by atoms with Gasteiger partial charge in [-0.15, -0.1) is 0 Å². The number of carbonyl (C=O) groups is 1. The number of hydrogen-bond donors (Lipinski definition) is 0. The summed E-state index contributed by atoms with van der Waals surface area (Å²) in [6.45, 7) is 0. The fourth-order valence-corrected chi connectivity index (χ4v) is 4.80. The summed E-state index contributed by atoms with van der Waals surface area (Å²) in [6.07, 6.45) is 2.39. The molecule has 0 aliphatic heterocycles. The average Bonchev–Trinajstić information content (AvgIpc) is 2.22. The Morgan fingerprint density at radius 1 is 1.11 bits per heavy atom. The van der Waals surface area contributed by atoms with Gasteiger partial charge < -0.3 is 0 Å². The number of Topliss-reactive ketones (excluding diaryl/α,β-unsaturated/α-hetero) is 1. The highest BCUT2D eigenvalue weighted by Crippen LogP contribution is 2.56. The van der Waals surface area contributed by atoms with Gasteiger partial charge in [-0.25, -0.2) is 4.18 Å². The topological polar surface area (TPSA) is 60.4 Å². The Labute approximate surface area is 108 Å². The molecule has 4 rings (SSSR count). The van der Waals surface area contributed by atoms with E-state index in [1.807, 2.05) is 0 Å². The highest BCUT2D eigenvalue weighted by atomic mass is 32.2. The summed E-state index contributed by atoms with van der Waals surface area (Å²) in [5.41, 5.74) is -7.22. The molecular formula is C11H13F3O4S. The highest BCUT2D eigenvalue weighted by Gasteiger charge is 2.62. The second kappa shape index (κ2) is 3.72. The first-order valence-corrected chi connectivity index (χ1v) is 7.60. The van der Waals surface area contributed by atoms with Crippen molar-refractivity contribution < 1.29 is 30.6 Å². The van der Waals surface area contributed by atoms with Crippen LogP contribution in [0, 0.1) is 17.8 Å². The summed E-state index contributed by atoms with van der Waals surface area (Å²) in [6, 6.07) is 0. The number of ketones is 1. The number of halogens is 3. The van der Waals surface area contributed by atoms with Gasteiger partial charge in [0.1, 0.15) is 5.60 Å². The van der Waals surface area contributed by atoms with Crippen LogP contribution in [0.2, 0.25) is 0 Å². The van der Waals surface area contributed by atoms with Crippen molar-refractivity contribution in [2.45, 2.75) is 43.2 Å². The molecule has 0 aromatic rings. The first kappa shape index (κ1) is 13.4. The molecule has 0 amide bonds. The smallest absolute Gasteiger partial charge is 0.296 e. The largest absolute Gasteiger partial charge is 0.523 e. The van der Waals surface area contributed by atoms with Gasteiger partial charge in [0.25, 0.3) is 0 Å². The van der Waals surface area contributed by atoms with E-state index in [4.69, 9.17) is 0 Å². The zero-order chi connectivity index (χ0) is 14.1. The van der Waals surface area contributed by atoms with E-state index in [9.17, 15) is 26.4 Å². The van der Waals surface area contributed by atoms with Crippen molar-refractivity contribution in [3.8, 4) is 0 Å². The minimum absolute atomic E-state index is 0.105. The first-order valence-electron chi connectivity index (χ1n) is 6.19. The van der Waals surface area contributed by atoms with Gasteiger partial charge in [0.2, 0.25) is 0 Å². The lowest BCUT2D eigenvalue weighted by molar-refractivity contribution is -0.165. The van der Waals surface area contributed by atoms with Gasteiger partial charge in [-0.2, -0.15) is 21.6 Å². The van der Waals surface area contributed by atoms with Gasteiger partial charge in [0.05, 0.1) is 0 Å². The maximum Gasteiger partial charge on any atom is 0.523 e. The van der Waals surface area contributed by atoms with E-state index >= 15 is 0 Å². The predicted octanol–water partition coefficient (Wildman–Crippen LogP) is 2.00. The molecule has 0 saturated heterocycles. The molecule has 4 fully saturated rings. The highest BCUT2D eigenvalue weighted by molar-refractivity contribution is 7.87. The Hall–Kier alpha value is -0.630. The van der Waals surface area contributed by atoms with Gasteiger partial charge in [0, 0.05) is 5.92 Å². The zero-order valence-corrected chi connectivity index (χ0v) is 10.8. The third-order valence-corrected chi connectivity index (χ3v) is 5.62. The molecular weight excluding hydrogens is 285 g/mol. The van der Waals surface area contributed by atoms with E-state index < -0.39 is 27.0 Å². The normalized spacial score (nSPS) is 41.8. The number of alkyl halides is 3. The lowest BCUT2D eigenvalue weighted by Gasteiger charge is -2.53. The van der Waals surface area contributed by atoms with Crippen LogP contribution >= 0.6 is 0 Å². The minimum atomic E-state index is -5.71. The molecule has 0 aromatic heterocycles. The SMILES string of the molecule is O=C1C2C[C@@H]3C[C@H](C2)CC1(OS(=O)(=O)C(F)(F)F)C3. The van der Waals surface area contributed by atoms with Gasteiger partial charge in [-0.3, -0.25) is 4.79 Å². The molecule has 4 bridgehead atoms. The van der Waals surface area contributed by atoms with Crippen LogP contribution in [0.4, 0.5) is 13.2 Å². The van der Waals surface area contributed by atoms with E-state index in [1.54, 1.807) is 0 Å². The Morgan fingerprint density at radius 3 is 2.11 bits per heavy atom. The van der Waals surface area contributed by atoms with Crippen molar-refractivity contribution in [2.24, 2.45) is 17.8 Å². The van der Waals surface area contributed by atoms with Crippen LogP contribution in [0.25, 0.3) is 0 Å². The lowest BCUT2D eigenvalue weighted by atomic mass is 9.54. The molecule has 8 heteroatoms. The number of hydrogen-bond acceptors (Lipinski definition) is 4. The molecule has 4 aliphatic rings. The Balaban J connectivity index is 1.94. The number of rotatable bonds is 2. The van der Waals surface area contributed by atoms with Gasteiger partial charge in [-0.05, 0) is 43.9 Å². The van der Waals surface area contributed by atoms with Crippen LogP contribution in [0.5, 0.6) is 0 Å². The summed E-state index contributed by atoms with van der Waals surface area (Å²) >= 11 is 0. The van der Waals surface area contributed by atoms with Crippen molar-refractivity contribution in [1.29, 1.82) is 0 Å². The molecule has 0 heterocycles. The molecule has 0 spiro atoms.